The number of rotatable bonds is 5. The van der Waals surface area contributed by atoms with Crippen molar-refractivity contribution >= 4 is 23.2 Å². The van der Waals surface area contributed by atoms with Gasteiger partial charge in [-0.3, -0.25) is 0 Å². The molecule has 1 amide bonds. The van der Waals surface area contributed by atoms with E-state index in [2.05, 4.69) is 16.9 Å². The molecule has 146 valence electrons. The van der Waals surface area contributed by atoms with E-state index in [4.69, 9.17) is 14.5 Å². The molecule has 1 fully saturated rings. The molecule has 1 saturated carbocycles. The van der Waals surface area contributed by atoms with Crippen LogP contribution in [0.1, 0.15) is 63.9 Å². The van der Waals surface area contributed by atoms with Crippen LogP contribution in [-0.4, -0.2) is 28.8 Å². The van der Waals surface area contributed by atoms with Crippen LogP contribution < -0.4 is 10.1 Å². The van der Waals surface area contributed by atoms with Gasteiger partial charge in [0.25, 0.3) is 0 Å². The maximum atomic E-state index is 12.4. The predicted molar refractivity (Wildman–Crippen MR) is 107 cm³/mol. The van der Waals surface area contributed by atoms with Gasteiger partial charge in [-0.2, -0.15) is 0 Å². The molecule has 0 unspecified atom stereocenters. The van der Waals surface area contributed by atoms with E-state index in [0.717, 1.165) is 41.0 Å². The first-order valence-corrected chi connectivity index (χ1v) is 9.50. The van der Waals surface area contributed by atoms with Crippen molar-refractivity contribution in [3.8, 4) is 5.75 Å². The molecule has 1 aliphatic rings. The lowest BCUT2D eigenvalue weighted by atomic mass is 9.97. The number of carbonyl (C=O) groups excluding carboxylic acids is 1. The topological polar surface area (TPSA) is 76.2 Å². The molecule has 0 saturated heterocycles. The number of nitrogens with one attached hydrogen (secondary N) is 2. The van der Waals surface area contributed by atoms with Crippen molar-refractivity contribution in [1.82, 2.24) is 15.3 Å². The van der Waals surface area contributed by atoms with Gasteiger partial charge in [-0.05, 0) is 45.6 Å². The smallest absolute Gasteiger partial charge is 0.408 e. The van der Waals surface area contributed by atoms with E-state index in [-0.39, 0.29) is 6.04 Å². The number of H-pyrrole nitrogens is 1. The van der Waals surface area contributed by atoms with Crippen molar-refractivity contribution < 1.29 is 14.3 Å². The zero-order valence-corrected chi connectivity index (χ0v) is 16.6. The second-order valence-electron chi connectivity index (χ2n) is 8.11. The Morgan fingerprint density at radius 1 is 1.37 bits per heavy atom. The maximum Gasteiger partial charge on any atom is 0.408 e. The van der Waals surface area contributed by atoms with Gasteiger partial charge in [0.1, 0.15) is 17.2 Å². The number of hydrogen-bond acceptors (Lipinski definition) is 4. The molecule has 3 rings (SSSR count). The molecule has 6 heteroatoms. The first kappa shape index (κ1) is 19.3. The largest absolute Gasteiger partial charge is 0.496 e. The minimum Gasteiger partial charge on any atom is -0.496 e. The van der Waals surface area contributed by atoms with Gasteiger partial charge in [-0.15, -0.1) is 0 Å². The third-order valence-corrected chi connectivity index (χ3v) is 4.91. The third kappa shape index (κ3) is 4.43. The number of aromatic nitrogens is 2. The van der Waals surface area contributed by atoms with Crippen molar-refractivity contribution in [2.45, 2.75) is 58.1 Å². The number of ether oxygens (including phenoxy) is 2. The number of hydrogen-bond donors (Lipinski definition) is 2. The quantitative estimate of drug-likeness (QED) is 0.778. The molecule has 1 aromatic heterocycles. The average Bonchev–Trinajstić information content (AvgIpc) is 3.25. The van der Waals surface area contributed by atoms with Crippen LogP contribution in [0.5, 0.6) is 5.75 Å². The number of amides is 1. The van der Waals surface area contributed by atoms with Crippen LogP contribution in [0.3, 0.4) is 0 Å². The van der Waals surface area contributed by atoms with E-state index < -0.39 is 11.7 Å². The summed E-state index contributed by atoms with van der Waals surface area (Å²) >= 11 is 0. The molecule has 0 aliphatic heterocycles. The highest BCUT2D eigenvalue weighted by Gasteiger charge is 2.31. The third-order valence-electron chi connectivity index (χ3n) is 4.91. The number of alkyl carbamates (subject to hydrolysis) is 1. The highest BCUT2D eigenvalue weighted by molar-refractivity contribution is 5.81. The van der Waals surface area contributed by atoms with E-state index in [1.54, 1.807) is 13.2 Å². The van der Waals surface area contributed by atoms with Crippen LogP contribution in [0.2, 0.25) is 0 Å². The maximum absolute atomic E-state index is 12.4. The summed E-state index contributed by atoms with van der Waals surface area (Å²) in [5.74, 6) is 1.83. The van der Waals surface area contributed by atoms with Gasteiger partial charge in [-0.25, -0.2) is 9.78 Å². The lowest BCUT2D eigenvalue weighted by Crippen LogP contribution is -2.37. The molecule has 0 spiro atoms. The fourth-order valence-electron chi connectivity index (χ4n) is 3.69. The van der Waals surface area contributed by atoms with Gasteiger partial charge in [0, 0.05) is 11.6 Å². The van der Waals surface area contributed by atoms with Crippen molar-refractivity contribution in [2.24, 2.45) is 5.92 Å². The van der Waals surface area contributed by atoms with Crippen LogP contribution in [0, 0.1) is 5.92 Å². The normalized spacial score (nSPS) is 16.3. The minimum atomic E-state index is -0.537. The summed E-state index contributed by atoms with van der Waals surface area (Å²) < 4.78 is 10.9. The van der Waals surface area contributed by atoms with Crippen LogP contribution in [-0.2, 0) is 4.74 Å². The molecular weight excluding hydrogens is 342 g/mol. The van der Waals surface area contributed by atoms with Crippen LogP contribution in [0.15, 0.2) is 18.7 Å². The number of benzene rings is 1. The van der Waals surface area contributed by atoms with Crippen molar-refractivity contribution in [2.75, 3.05) is 7.11 Å². The van der Waals surface area contributed by atoms with Gasteiger partial charge >= 0.3 is 6.09 Å². The summed E-state index contributed by atoms with van der Waals surface area (Å²) in [6, 6.07) is 3.66. The highest BCUT2D eigenvalue weighted by atomic mass is 16.6. The molecule has 6 nitrogen and oxygen atoms in total. The molecule has 1 heterocycles. The van der Waals surface area contributed by atoms with E-state index in [0.29, 0.717) is 5.92 Å². The number of carbonyl (C=O) groups is 1. The Morgan fingerprint density at radius 3 is 2.67 bits per heavy atom. The number of imidazole rings is 1. The Hall–Kier alpha value is -2.50. The second kappa shape index (κ2) is 7.62. The van der Waals surface area contributed by atoms with Crippen LogP contribution >= 0.6 is 0 Å². The van der Waals surface area contributed by atoms with E-state index in [1.807, 2.05) is 32.9 Å². The van der Waals surface area contributed by atoms with Gasteiger partial charge < -0.3 is 19.8 Å². The summed E-state index contributed by atoms with van der Waals surface area (Å²) in [6.07, 6.45) is 5.82. The van der Waals surface area contributed by atoms with Gasteiger partial charge in [0.05, 0.1) is 24.2 Å². The molecule has 1 aliphatic carbocycles. The molecule has 27 heavy (non-hydrogen) atoms. The standard InChI is InChI=1S/C21H29N3O3/c1-6-13-11-15-16(12-17(13)26-5)23-19(22-15)18(14-9-7-8-10-14)24-20(25)27-21(2,3)4/h6,11-12,14,18H,1,7-10H2,2-5H3,(H,22,23)(H,24,25)/t18-/m1/s1. The zero-order chi connectivity index (χ0) is 19.6. The Balaban J connectivity index is 1.93. The van der Waals surface area contributed by atoms with E-state index in [9.17, 15) is 4.79 Å². The lowest BCUT2D eigenvalue weighted by molar-refractivity contribution is 0.0482. The van der Waals surface area contributed by atoms with E-state index >= 15 is 0 Å². The second-order valence-corrected chi connectivity index (χ2v) is 8.11. The number of methoxy groups -OCH3 is 1. The van der Waals surface area contributed by atoms with Crippen molar-refractivity contribution in [3.63, 3.8) is 0 Å². The van der Waals surface area contributed by atoms with Crippen LogP contribution in [0.25, 0.3) is 17.1 Å². The predicted octanol–water partition coefficient (Wildman–Crippen LogP) is 4.97. The SMILES string of the molecule is C=Cc1cc2[nH]c([C@H](NC(=O)OC(C)(C)C)C3CCCC3)nc2cc1OC. The summed E-state index contributed by atoms with van der Waals surface area (Å²) in [5.41, 5.74) is 2.07. The fraction of sp³-hybridized carbons (Fsp3) is 0.524. The minimum absolute atomic E-state index is 0.201. The van der Waals surface area contributed by atoms with Crippen LogP contribution in [0.4, 0.5) is 4.79 Å². The molecule has 2 N–H and O–H groups in total. The van der Waals surface area contributed by atoms with Gasteiger partial charge in [0.15, 0.2) is 0 Å². The first-order chi connectivity index (χ1) is 12.8. The average molecular weight is 371 g/mol. The lowest BCUT2D eigenvalue weighted by Gasteiger charge is -2.26. The number of fused-ring (bicyclic) bond motifs is 1. The number of nitrogens with zero attached hydrogens (tertiary/aromatic N) is 1. The fourth-order valence-corrected chi connectivity index (χ4v) is 3.69. The van der Waals surface area contributed by atoms with Gasteiger partial charge in [-0.1, -0.05) is 25.5 Å². The summed E-state index contributed by atoms with van der Waals surface area (Å²) in [7, 11) is 1.63. The number of aromatic amines is 1. The Kier molecular flexibility index (Phi) is 5.44. The molecule has 0 bridgehead atoms. The molecule has 2 aromatic rings. The van der Waals surface area contributed by atoms with Crippen molar-refractivity contribution in [1.29, 1.82) is 0 Å². The van der Waals surface area contributed by atoms with Gasteiger partial charge in [0.2, 0.25) is 0 Å². The summed E-state index contributed by atoms with van der Waals surface area (Å²) in [4.78, 5) is 20.5. The molecular formula is C21H29N3O3. The summed E-state index contributed by atoms with van der Waals surface area (Å²) in [6.45, 7) is 9.42. The molecule has 1 atom stereocenters. The Bertz CT molecular complexity index is 829. The van der Waals surface area contributed by atoms with Crippen molar-refractivity contribution in [3.05, 3.63) is 30.1 Å². The Morgan fingerprint density at radius 2 is 2.07 bits per heavy atom. The first-order valence-electron chi connectivity index (χ1n) is 9.50. The molecule has 0 radical (unpaired) electrons. The zero-order valence-electron chi connectivity index (χ0n) is 16.6. The molecule has 1 aromatic carbocycles. The van der Waals surface area contributed by atoms with E-state index in [1.165, 1.54) is 12.8 Å². The Labute approximate surface area is 160 Å². The highest BCUT2D eigenvalue weighted by Crippen LogP contribution is 2.36. The summed E-state index contributed by atoms with van der Waals surface area (Å²) in [5, 5.41) is 3.04. The monoisotopic (exact) mass is 371 g/mol.